The van der Waals surface area contributed by atoms with Gasteiger partial charge in [-0.25, -0.2) is 4.79 Å². The SMILES string of the molecule is CC(C)COC(=O)/C=C/C1CCC(C=O)CC1. The van der Waals surface area contributed by atoms with Gasteiger partial charge >= 0.3 is 5.97 Å². The number of carbonyl (C=O) groups is 2. The van der Waals surface area contributed by atoms with Crippen molar-refractivity contribution < 1.29 is 14.3 Å². The lowest BCUT2D eigenvalue weighted by Crippen LogP contribution is -2.14. The molecule has 0 aliphatic heterocycles. The highest BCUT2D eigenvalue weighted by atomic mass is 16.5. The lowest BCUT2D eigenvalue weighted by atomic mass is 9.82. The van der Waals surface area contributed by atoms with Crippen LogP contribution in [0.25, 0.3) is 0 Å². The Labute approximate surface area is 103 Å². The number of aldehydes is 1. The number of hydrogen-bond acceptors (Lipinski definition) is 3. The molecular formula is C14H22O3. The minimum Gasteiger partial charge on any atom is -0.462 e. The molecule has 0 aromatic carbocycles. The van der Waals surface area contributed by atoms with E-state index in [2.05, 4.69) is 0 Å². The van der Waals surface area contributed by atoms with Gasteiger partial charge in [0.15, 0.2) is 0 Å². The molecule has 17 heavy (non-hydrogen) atoms. The van der Waals surface area contributed by atoms with Crippen LogP contribution in [0.4, 0.5) is 0 Å². The predicted molar refractivity (Wildman–Crippen MR) is 66.4 cm³/mol. The van der Waals surface area contributed by atoms with Crippen LogP contribution in [-0.4, -0.2) is 18.9 Å². The van der Waals surface area contributed by atoms with Crippen molar-refractivity contribution >= 4 is 12.3 Å². The summed E-state index contributed by atoms with van der Waals surface area (Å²) in [5.41, 5.74) is 0. The van der Waals surface area contributed by atoms with Crippen LogP contribution < -0.4 is 0 Å². The summed E-state index contributed by atoms with van der Waals surface area (Å²) in [6.07, 6.45) is 8.41. The third-order valence-electron chi connectivity index (χ3n) is 3.07. The van der Waals surface area contributed by atoms with Crippen molar-refractivity contribution in [3.8, 4) is 0 Å². The molecule has 1 aliphatic rings. The second-order valence-corrected chi connectivity index (χ2v) is 5.19. The van der Waals surface area contributed by atoms with Gasteiger partial charge in [-0.3, -0.25) is 0 Å². The minimum atomic E-state index is -0.254. The Hall–Kier alpha value is -1.12. The van der Waals surface area contributed by atoms with Crippen molar-refractivity contribution in [3.63, 3.8) is 0 Å². The summed E-state index contributed by atoms with van der Waals surface area (Å²) in [5.74, 6) is 0.775. The molecule has 1 saturated carbocycles. The summed E-state index contributed by atoms with van der Waals surface area (Å²) in [5, 5.41) is 0. The fourth-order valence-electron chi connectivity index (χ4n) is 1.99. The molecule has 3 nitrogen and oxygen atoms in total. The van der Waals surface area contributed by atoms with E-state index >= 15 is 0 Å². The smallest absolute Gasteiger partial charge is 0.330 e. The molecule has 3 heteroatoms. The van der Waals surface area contributed by atoms with Crippen molar-refractivity contribution in [2.75, 3.05) is 6.61 Å². The van der Waals surface area contributed by atoms with Gasteiger partial charge < -0.3 is 9.53 Å². The van der Waals surface area contributed by atoms with E-state index in [1.165, 1.54) is 6.08 Å². The lowest BCUT2D eigenvalue weighted by Gasteiger charge is -2.22. The molecule has 1 fully saturated rings. The number of carbonyl (C=O) groups excluding carboxylic acids is 2. The molecule has 1 aliphatic carbocycles. The monoisotopic (exact) mass is 238 g/mol. The van der Waals surface area contributed by atoms with E-state index in [0.29, 0.717) is 18.4 Å². The van der Waals surface area contributed by atoms with E-state index in [1.54, 1.807) is 0 Å². The molecule has 0 N–H and O–H groups in total. The summed E-state index contributed by atoms with van der Waals surface area (Å²) in [6, 6.07) is 0. The molecule has 0 amide bonds. The van der Waals surface area contributed by atoms with E-state index in [-0.39, 0.29) is 11.9 Å². The first-order valence-corrected chi connectivity index (χ1v) is 6.42. The molecule has 1 rings (SSSR count). The predicted octanol–water partition coefficient (Wildman–Crippen LogP) is 2.75. The normalized spacial score (nSPS) is 25.1. The van der Waals surface area contributed by atoms with Crippen molar-refractivity contribution in [1.29, 1.82) is 0 Å². The first kappa shape index (κ1) is 13.9. The van der Waals surface area contributed by atoms with Crippen LogP contribution in [0.2, 0.25) is 0 Å². The molecule has 0 atom stereocenters. The van der Waals surface area contributed by atoms with E-state index < -0.39 is 0 Å². The maximum atomic E-state index is 11.3. The number of esters is 1. The summed E-state index contributed by atoms with van der Waals surface area (Å²) in [6.45, 7) is 4.50. The zero-order valence-corrected chi connectivity index (χ0v) is 10.7. The van der Waals surface area contributed by atoms with Crippen LogP contribution in [-0.2, 0) is 14.3 Å². The Balaban J connectivity index is 2.24. The van der Waals surface area contributed by atoms with Crippen molar-refractivity contribution in [3.05, 3.63) is 12.2 Å². The summed E-state index contributed by atoms with van der Waals surface area (Å²) in [4.78, 5) is 21.9. The highest BCUT2D eigenvalue weighted by Gasteiger charge is 2.18. The summed E-state index contributed by atoms with van der Waals surface area (Å²) in [7, 11) is 0. The Morgan fingerprint density at radius 1 is 1.24 bits per heavy atom. The molecule has 0 aromatic rings. The molecular weight excluding hydrogens is 216 g/mol. The second-order valence-electron chi connectivity index (χ2n) is 5.19. The number of allylic oxidation sites excluding steroid dienone is 1. The van der Waals surface area contributed by atoms with Gasteiger partial charge in [0.1, 0.15) is 6.29 Å². The van der Waals surface area contributed by atoms with E-state index in [9.17, 15) is 9.59 Å². The van der Waals surface area contributed by atoms with Crippen LogP contribution in [0.1, 0.15) is 39.5 Å². The summed E-state index contributed by atoms with van der Waals surface area (Å²) >= 11 is 0. The van der Waals surface area contributed by atoms with Gasteiger partial charge in [-0.2, -0.15) is 0 Å². The Bertz CT molecular complexity index is 273. The fraction of sp³-hybridized carbons (Fsp3) is 0.714. The van der Waals surface area contributed by atoms with Crippen LogP contribution in [0.5, 0.6) is 0 Å². The molecule has 0 aromatic heterocycles. The minimum absolute atomic E-state index is 0.229. The van der Waals surface area contributed by atoms with Gasteiger partial charge in [-0.05, 0) is 37.5 Å². The van der Waals surface area contributed by atoms with E-state index in [0.717, 1.165) is 32.0 Å². The van der Waals surface area contributed by atoms with Crippen LogP contribution in [0.15, 0.2) is 12.2 Å². The standard InChI is InChI=1S/C14H22O3/c1-11(2)10-17-14(16)8-7-12-3-5-13(9-15)6-4-12/h7-9,11-13H,3-6,10H2,1-2H3/b8-7+. The molecule has 0 spiro atoms. The Morgan fingerprint density at radius 3 is 2.35 bits per heavy atom. The second kappa shape index (κ2) is 7.25. The Morgan fingerprint density at radius 2 is 1.82 bits per heavy atom. The lowest BCUT2D eigenvalue weighted by molar-refractivity contribution is -0.138. The third kappa shape index (κ3) is 5.66. The van der Waals surface area contributed by atoms with E-state index in [4.69, 9.17) is 4.74 Å². The third-order valence-corrected chi connectivity index (χ3v) is 3.07. The average Bonchev–Trinajstić information content (AvgIpc) is 2.34. The zero-order valence-electron chi connectivity index (χ0n) is 10.7. The van der Waals surface area contributed by atoms with Gasteiger partial charge in [0.25, 0.3) is 0 Å². The van der Waals surface area contributed by atoms with Crippen LogP contribution in [0.3, 0.4) is 0 Å². The van der Waals surface area contributed by atoms with Gasteiger partial charge in [0, 0.05) is 12.0 Å². The topological polar surface area (TPSA) is 43.4 Å². The fourth-order valence-corrected chi connectivity index (χ4v) is 1.99. The highest BCUT2D eigenvalue weighted by molar-refractivity contribution is 5.81. The quantitative estimate of drug-likeness (QED) is 0.420. The van der Waals surface area contributed by atoms with Gasteiger partial charge in [-0.1, -0.05) is 19.9 Å². The molecule has 0 radical (unpaired) electrons. The highest BCUT2D eigenvalue weighted by Crippen LogP contribution is 2.28. The Kier molecular flexibility index (Phi) is 5.95. The van der Waals surface area contributed by atoms with Crippen molar-refractivity contribution in [1.82, 2.24) is 0 Å². The maximum absolute atomic E-state index is 11.3. The molecule has 0 saturated heterocycles. The largest absolute Gasteiger partial charge is 0.462 e. The van der Waals surface area contributed by atoms with Gasteiger partial charge in [-0.15, -0.1) is 0 Å². The van der Waals surface area contributed by atoms with Crippen LogP contribution in [0, 0.1) is 17.8 Å². The van der Waals surface area contributed by atoms with Crippen LogP contribution >= 0.6 is 0 Å². The zero-order chi connectivity index (χ0) is 12.7. The molecule has 0 bridgehead atoms. The van der Waals surface area contributed by atoms with Crippen molar-refractivity contribution in [2.45, 2.75) is 39.5 Å². The van der Waals surface area contributed by atoms with E-state index in [1.807, 2.05) is 19.9 Å². The number of ether oxygens (including phenoxy) is 1. The first-order chi connectivity index (χ1) is 8.11. The maximum Gasteiger partial charge on any atom is 0.330 e. The van der Waals surface area contributed by atoms with Gasteiger partial charge in [0.05, 0.1) is 6.61 Å². The molecule has 96 valence electrons. The molecule has 0 heterocycles. The van der Waals surface area contributed by atoms with Crippen molar-refractivity contribution in [2.24, 2.45) is 17.8 Å². The number of rotatable bonds is 5. The average molecular weight is 238 g/mol. The molecule has 0 unspecified atom stereocenters. The summed E-state index contributed by atoms with van der Waals surface area (Å²) < 4.78 is 5.05. The number of hydrogen-bond donors (Lipinski definition) is 0. The first-order valence-electron chi connectivity index (χ1n) is 6.42. The van der Waals surface area contributed by atoms with Gasteiger partial charge in [0.2, 0.25) is 0 Å².